The van der Waals surface area contributed by atoms with Crippen LogP contribution in [0.3, 0.4) is 0 Å². The van der Waals surface area contributed by atoms with Gasteiger partial charge in [-0.05, 0) is 38.5 Å². The highest BCUT2D eigenvalue weighted by atomic mass is 19.4. The van der Waals surface area contributed by atoms with E-state index in [9.17, 15) is 17.6 Å². The lowest BCUT2D eigenvalue weighted by atomic mass is 9.91. The Labute approximate surface area is 115 Å². The molecule has 0 saturated carbocycles. The van der Waals surface area contributed by atoms with Crippen molar-refractivity contribution in [1.29, 1.82) is 0 Å². The summed E-state index contributed by atoms with van der Waals surface area (Å²) in [6.07, 6.45) is -4.75. The number of alkyl halides is 3. The van der Waals surface area contributed by atoms with Crippen LogP contribution in [0.25, 0.3) is 0 Å². The molecule has 0 radical (unpaired) electrons. The number of halogens is 4. The Morgan fingerprint density at radius 1 is 1.30 bits per heavy atom. The smallest absolute Gasteiger partial charge is 0.374 e. The van der Waals surface area contributed by atoms with Crippen LogP contribution in [0.15, 0.2) is 18.2 Å². The van der Waals surface area contributed by atoms with Gasteiger partial charge in [-0.25, -0.2) is 4.39 Å². The van der Waals surface area contributed by atoms with Gasteiger partial charge >= 0.3 is 6.18 Å². The predicted molar refractivity (Wildman–Crippen MR) is 67.2 cm³/mol. The van der Waals surface area contributed by atoms with Crippen LogP contribution in [0.2, 0.25) is 0 Å². The molecule has 3 N–H and O–H groups in total. The maximum absolute atomic E-state index is 13.3. The monoisotopic (exact) mass is 294 g/mol. The molecular weight excluding hydrogens is 276 g/mol. The Kier molecular flexibility index (Phi) is 5.12. The van der Waals surface area contributed by atoms with E-state index >= 15 is 0 Å². The van der Waals surface area contributed by atoms with E-state index in [1.165, 1.54) is 6.07 Å². The highest BCUT2D eigenvalue weighted by molar-refractivity contribution is 5.30. The van der Waals surface area contributed by atoms with Crippen LogP contribution in [-0.2, 0) is 10.9 Å². The molecule has 0 aliphatic heterocycles. The van der Waals surface area contributed by atoms with E-state index in [2.05, 4.69) is 5.43 Å². The van der Waals surface area contributed by atoms with Crippen LogP contribution in [0.1, 0.15) is 37.9 Å². The molecule has 20 heavy (non-hydrogen) atoms. The summed E-state index contributed by atoms with van der Waals surface area (Å²) < 4.78 is 56.9. The summed E-state index contributed by atoms with van der Waals surface area (Å²) in [5.74, 6) is 4.10. The summed E-state index contributed by atoms with van der Waals surface area (Å²) >= 11 is 0. The fraction of sp³-hybridized carbons (Fsp3) is 0.538. The molecule has 0 aliphatic rings. The van der Waals surface area contributed by atoms with Crippen molar-refractivity contribution in [3.8, 4) is 0 Å². The van der Waals surface area contributed by atoms with Gasteiger partial charge in [-0.15, -0.1) is 0 Å². The molecule has 0 bridgehead atoms. The summed E-state index contributed by atoms with van der Waals surface area (Å²) in [7, 11) is 0. The molecular formula is C13H18F4N2O. The van der Waals surface area contributed by atoms with E-state index in [4.69, 9.17) is 10.6 Å². The minimum absolute atomic E-state index is 0.208. The lowest BCUT2D eigenvalue weighted by molar-refractivity contribution is -0.140. The van der Waals surface area contributed by atoms with E-state index in [-0.39, 0.29) is 5.56 Å². The molecule has 0 heterocycles. The first-order valence-corrected chi connectivity index (χ1v) is 6.10. The summed E-state index contributed by atoms with van der Waals surface area (Å²) in [4.78, 5) is 0. The fourth-order valence-corrected chi connectivity index (χ4v) is 2.09. The normalized spacial score (nSPS) is 14.4. The van der Waals surface area contributed by atoms with Crippen molar-refractivity contribution in [3.05, 3.63) is 35.1 Å². The zero-order valence-electron chi connectivity index (χ0n) is 11.5. The van der Waals surface area contributed by atoms with Gasteiger partial charge in [0.05, 0.1) is 17.2 Å². The highest BCUT2D eigenvalue weighted by Crippen LogP contribution is 2.35. The van der Waals surface area contributed by atoms with E-state index in [1.54, 1.807) is 20.8 Å². The first-order valence-electron chi connectivity index (χ1n) is 6.10. The molecule has 0 aliphatic carbocycles. The molecule has 7 heteroatoms. The van der Waals surface area contributed by atoms with Crippen LogP contribution < -0.4 is 11.3 Å². The van der Waals surface area contributed by atoms with Crippen LogP contribution in [0.4, 0.5) is 17.6 Å². The van der Waals surface area contributed by atoms with E-state index in [0.717, 1.165) is 12.1 Å². The van der Waals surface area contributed by atoms with Crippen molar-refractivity contribution >= 4 is 0 Å². The Morgan fingerprint density at radius 3 is 2.35 bits per heavy atom. The molecule has 0 fully saturated rings. The number of hydrazine groups is 1. The minimum atomic E-state index is -4.75. The molecule has 1 aromatic carbocycles. The van der Waals surface area contributed by atoms with Gasteiger partial charge < -0.3 is 4.74 Å². The molecule has 0 spiro atoms. The standard InChI is InChI=1S/C13H18F4N2O/c1-4-20-12(2,3)11(19-18)8-5-6-10(14)9(7-8)13(15,16)17/h5-7,11,19H,4,18H2,1-3H3. The SMILES string of the molecule is CCOC(C)(C)C(NN)c1ccc(F)c(C(F)(F)F)c1. The highest BCUT2D eigenvalue weighted by Gasteiger charge is 2.37. The summed E-state index contributed by atoms with van der Waals surface area (Å²) in [5, 5.41) is 0. The maximum Gasteiger partial charge on any atom is 0.419 e. The lowest BCUT2D eigenvalue weighted by Crippen LogP contribution is -2.44. The lowest BCUT2D eigenvalue weighted by Gasteiger charge is -2.34. The molecule has 1 aromatic rings. The molecule has 114 valence electrons. The number of nitrogens with one attached hydrogen (secondary N) is 1. The van der Waals surface area contributed by atoms with Crippen molar-refractivity contribution in [2.24, 2.45) is 5.84 Å². The zero-order valence-corrected chi connectivity index (χ0v) is 11.5. The van der Waals surface area contributed by atoms with Gasteiger partial charge in [-0.2, -0.15) is 13.2 Å². The summed E-state index contributed by atoms with van der Waals surface area (Å²) in [6, 6.07) is 2.09. The molecule has 1 atom stereocenters. The molecule has 1 unspecified atom stereocenters. The molecule has 0 aromatic heterocycles. The van der Waals surface area contributed by atoms with Crippen molar-refractivity contribution in [1.82, 2.24) is 5.43 Å². The van der Waals surface area contributed by atoms with Gasteiger partial charge in [-0.3, -0.25) is 11.3 Å². The van der Waals surface area contributed by atoms with Gasteiger partial charge in [0.1, 0.15) is 5.82 Å². The molecule has 1 rings (SSSR count). The zero-order chi connectivity index (χ0) is 15.6. The first kappa shape index (κ1) is 16.9. The number of rotatable bonds is 5. The quantitative estimate of drug-likeness (QED) is 0.498. The second-order valence-electron chi connectivity index (χ2n) is 4.87. The Balaban J connectivity index is 3.24. The molecule has 0 amide bonds. The average Bonchev–Trinajstić information content (AvgIpc) is 2.30. The Morgan fingerprint density at radius 2 is 1.90 bits per heavy atom. The number of benzene rings is 1. The van der Waals surface area contributed by atoms with Gasteiger partial charge in [0, 0.05) is 6.61 Å². The second-order valence-corrected chi connectivity index (χ2v) is 4.87. The second kappa shape index (κ2) is 6.07. The predicted octanol–water partition coefficient (Wildman–Crippen LogP) is 3.16. The van der Waals surface area contributed by atoms with Crippen LogP contribution in [0, 0.1) is 5.82 Å². The number of ether oxygens (including phenoxy) is 1. The van der Waals surface area contributed by atoms with Crippen LogP contribution in [0.5, 0.6) is 0 Å². The van der Waals surface area contributed by atoms with Crippen LogP contribution >= 0.6 is 0 Å². The molecule has 3 nitrogen and oxygen atoms in total. The summed E-state index contributed by atoms with van der Waals surface area (Å²) in [5.41, 5.74) is 0.475. The third-order valence-electron chi connectivity index (χ3n) is 3.01. The fourth-order valence-electron chi connectivity index (χ4n) is 2.09. The van der Waals surface area contributed by atoms with Crippen LogP contribution in [-0.4, -0.2) is 12.2 Å². The minimum Gasteiger partial charge on any atom is -0.374 e. The largest absolute Gasteiger partial charge is 0.419 e. The number of hydrogen-bond acceptors (Lipinski definition) is 3. The average molecular weight is 294 g/mol. The third-order valence-corrected chi connectivity index (χ3v) is 3.01. The van der Waals surface area contributed by atoms with E-state index < -0.39 is 29.2 Å². The number of nitrogens with two attached hydrogens (primary N) is 1. The summed E-state index contributed by atoms with van der Waals surface area (Å²) in [6.45, 7) is 5.52. The van der Waals surface area contributed by atoms with E-state index in [0.29, 0.717) is 6.61 Å². The van der Waals surface area contributed by atoms with Crippen molar-refractivity contribution in [2.75, 3.05) is 6.61 Å². The van der Waals surface area contributed by atoms with E-state index in [1.807, 2.05) is 0 Å². The maximum atomic E-state index is 13.3. The first-order chi connectivity index (χ1) is 9.13. The van der Waals surface area contributed by atoms with Crippen molar-refractivity contribution in [3.63, 3.8) is 0 Å². The van der Waals surface area contributed by atoms with Gasteiger partial charge in [0.2, 0.25) is 0 Å². The topological polar surface area (TPSA) is 47.3 Å². The van der Waals surface area contributed by atoms with Gasteiger partial charge in [-0.1, -0.05) is 6.07 Å². The Bertz CT molecular complexity index is 460. The van der Waals surface area contributed by atoms with Crippen molar-refractivity contribution in [2.45, 2.75) is 38.6 Å². The van der Waals surface area contributed by atoms with Gasteiger partial charge in [0.25, 0.3) is 0 Å². The van der Waals surface area contributed by atoms with Gasteiger partial charge in [0.15, 0.2) is 0 Å². The third kappa shape index (κ3) is 3.68. The Hall–Kier alpha value is -1.18. The van der Waals surface area contributed by atoms with Crippen molar-refractivity contribution < 1.29 is 22.3 Å². The molecule has 0 saturated heterocycles. The number of hydrogen-bond donors (Lipinski definition) is 2.